The number of hydrogen-bond donors (Lipinski definition) is 1. The summed E-state index contributed by atoms with van der Waals surface area (Å²) in [6, 6.07) is 14.5. The summed E-state index contributed by atoms with van der Waals surface area (Å²) in [7, 11) is 0. The first-order valence-corrected chi connectivity index (χ1v) is 6.71. The first-order chi connectivity index (χ1) is 9.05. The lowest BCUT2D eigenvalue weighted by molar-refractivity contribution is 0.416. The lowest BCUT2D eigenvalue weighted by Crippen LogP contribution is -2.38. The molecule has 0 radical (unpaired) electrons. The molecule has 2 rings (SSSR count). The van der Waals surface area contributed by atoms with E-state index in [2.05, 4.69) is 0 Å². The van der Waals surface area contributed by atoms with Crippen molar-refractivity contribution in [2.75, 3.05) is 0 Å². The van der Waals surface area contributed by atoms with E-state index in [0.29, 0.717) is 17.0 Å². The van der Waals surface area contributed by atoms with Crippen molar-refractivity contribution >= 4 is 11.6 Å². The van der Waals surface area contributed by atoms with Gasteiger partial charge < -0.3 is 5.73 Å². The molecule has 3 heteroatoms. The molecule has 2 aromatic carbocycles. The van der Waals surface area contributed by atoms with Crippen LogP contribution < -0.4 is 5.73 Å². The molecule has 1 unspecified atom stereocenters. The number of rotatable bonds is 4. The molecule has 2 N–H and O–H groups in total. The van der Waals surface area contributed by atoms with E-state index < -0.39 is 5.54 Å². The first kappa shape index (κ1) is 14.0. The minimum Gasteiger partial charge on any atom is -0.321 e. The quantitative estimate of drug-likeness (QED) is 0.887. The zero-order chi connectivity index (χ0) is 13.9. The lowest BCUT2D eigenvalue weighted by Gasteiger charge is -2.29. The van der Waals surface area contributed by atoms with Gasteiger partial charge in [0.25, 0.3) is 0 Å². The number of nitrogens with two attached hydrogens (primary N) is 1. The van der Waals surface area contributed by atoms with Crippen molar-refractivity contribution in [2.45, 2.75) is 25.3 Å². The van der Waals surface area contributed by atoms with Crippen LogP contribution in [0.1, 0.15) is 24.5 Å². The molecule has 1 atom stereocenters. The Kier molecular flexibility index (Phi) is 4.23. The number of hydrogen-bond acceptors (Lipinski definition) is 1. The van der Waals surface area contributed by atoms with Crippen molar-refractivity contribution in [2.24, 2.45) is 5.73 Å². The Morgan fingerprint density at radius 1 is 1.16 bits per heavy atom. The predicted molar refractivity (Wildman–Crippen MR) is 77.7 cm³/mol. The number of halogens is 2. The van der Waals surface area contributed by atoms with Gasteiger partial charge in [0, 0.05) is 10.6 Å². The monoisotopic (exact) mass is 277 g/mol. The van der Waals surface area contributed by atoms with Crippen LogP contribution in [0, 0.1) is 5.82 Å². The van der Waals surface area contributed by atoms with Gasteiger partial charge in [-0.2, -0.15) is 0 Å². The molecule has 0 amide bonds. The fourth-order valence-electron chi connectivity index (χ4n) is 2.21. The van der Waals surface area contributed by atoms with E-state index in [-0.39, 0.29) is 5.82 Å². The minimum absolute atomic E-state index is 0.299. The van der Waals surface area contributed by atoms with Crippen molar-refractivity contribution in [3.8, 4) is 0 Å². The molecule has 0 aliphatic rings. The second-order valence-corrected chi connectivity index (χ2v) is 5.22. The summed E-state index contributed by atoms with van der Waals surface area (Å²) >= 11 is 5.77. The van der Waals surface area contributed by atoms with Crippen LogP contribution in [0.5, 0.6) is 0 Å². The van der Waals surface area contributed by atoms with Crippen molar-refractivity contribution in [3.05, 3.63) is 70.5 Å². The van der Waals surface area contributed by atoms with Crippen LogP contribution in [0.15, 0.2) is 48.5 Å². The SMILES string of the molecule is CCC(N)(Cc1ccc(Cl)cc1F)c1ccccc1. The molecule has 19 heavy (non-hydrogen) atoms. The molecule has 2 aromatic rings. The molecule has 1 nitrogen and oxygen atoms in total. The third-order valence-corrected chi connectivity index (χ3v) is 3.74. The average molecular weight is 278 g/mol. The highest BCUT2D eigenvalue weighted by atomic mass is 35.5. The minimum atomic E-state index is -0.560. The van der Waals surface area contributed by atoms with Gasteiger partial charge in [-0.15, -0.1) is 0 Å². The van der Waals surface area contributed by atoms with E-state index in [1.807, 2.05) is 37.3 Å². The Labute approximate surface area is 118 Å². The summed E-state index contributed by atoms with van der Waals surface area (Å²) in [5.41, 5.74) is 7.51. The van der Waals surface area contributed by atoms with Gasteiger partial charge in [-0.05, 0) is 36.1 Å². The fourth-order valence-corrected chi connectivity index (χ4v) is 2.36. The van der Waals surface area contributed by atoms with Crippen LogP contribution in [0.4, 0.5) is 4.39 Å². The smallest absolute Gasteiger partial charge is 0.127 e. The van der Waals surface area contributed by atoms with Crippen LogP contribution in [0.2, 0.25) is 5.02 Å². The van der Waals surface area contributed by atoms with E-state index >= 15 is 0 Å². The van der Waals surface area contributed by atoms with Gasteiger partial charge >= 0.3 is 0 Å². The maximum atomic E-state index is 13.9. The summed E-state index contributed by atoms with van der Waals surface area (Å²) in [5.74, 6) is -0.299. The molecule has 0 heterocycles. The second kappa shape index (κ2) is 5.72. The Bertz CT molecular complexity index is 556. The van der Waals surface area contributed by atoms with Crippen molar-refractivity contribution < 1.29 is 4.39 Å². The van der Waals surface area contributed by atoms with Crippen molar-refractivity contribution in [3.63, 3.8) is 0 Å². The van der Waals surface area contributed by atoms with Gasteiger partial charge in [0.05, 0.1) is 0 Å². The van der Waals surface area contributed by atoms with E-state index in [9.17, 15) is 4.39 Å². The molecule has 0 aromatic heterocycles. The van der Waals surface area contributed by atoms with Crippen LogP contribution in [0.25, 0.3) is 0 Å². The van der Waals surface area contributed by atoms with Gasteiger partial charge in [-0.3, -0.25) is 0 Å². The molecular weight excluding hydrogens is 261 g/mol. The molecule has 100 valence electrons. The molecule has 0 aliphatic carbocycles. The molecule has 0 spiro atoms. The van der Waals surface area contributed by atoms with Crippen molar-refractivity contribution in [1.29, 1.82) is 0 Å². The van der Waals surface area contributed by atoms with Gasteiger partial charge in [0.15, 0.2) is 0 Å². The maximum Gasteiger partial charge on any atom is 0.127 e. The topological polar surface area (TPSA) is 26.0 Å². The third kappa shape index (κ3) is 3.14. The van der Waals surface area contributed by atoms with Crippen LogP contribution in [-0.4, -0.2) is 0 Å². The van der Waals surface area contributed by atoms with E-state index in [1.165, 1.54) is 6.07 Å². The van der Waals surface area contributed by atoms with Crippen LogP contribution in [-0.2, 0) is 12.0 Å². The van der Waals surface area contributed by atoms with E-state index in [4.69, 9.17) is 17.3 Å². The average Bonchev–Trinajstić information content (AvgIpc) is 2.43. The maximum absolute atomic E-state index is 13.9. The van der Waals surface area contributed by atoms with E-state index in [1.54, 1.807) is 12.1 Å². The van der Waals surface area contributed by atoms with Gasteiger partial charge in [0.2, 0.25) is 0 Å². The highest BCUT2D eigenvalue weighted by molar-refractivity contribution is 6.30. The second-order valence-electron chi connectivity index (χ2n) is 4.79. The Morgan fingerprint density at radius 3 is 2.42 bits per heavy atom. The molecule has 0 fully saturated rings. The zero-order valence-corrected chi connectivity index (χ0v) is 11.6. The summed E-state index contributed by atoms with van der Waals surface area (Å²) in [4.78, 5) is 0. The first-order valence-electron chi connectivity index (χ1n) is 6.33. The highest BCUT2D eigenvalue weighted by Crippen LogP contribution is 2.28. The molecule has 0 aliphatic heterocycles. The Hall–Kier alpha value is -1.38. The fraction of sp³-hybridized carbons (Fsp3) is 0.250. The van der Waals surface area contributed by atoms with Crippen LogP contribution >= 0.6 is 11.6 Å². The third-order valence-electron chi connectivity index (χ3n) is 3.50. The highest BCUT2D eigenvalue weighted by Gasteiger charge is 2.26. The predicted octanol–water partition coefficient (Wildman–Crippen LogP) is 4.29. The normalized spacial score (nSPS) is 14.1. The number of benzene rings is 2. The molecule has 0 bridgehead atoms. The van der Waals surface area contributed by atoms with Gasteiger partial charge in [0.1, 0.15) is 5.82 Å². The molecule has 0 saturated heterocycles. The zero-order valence-electron chi connectivity index (χ0n) is 10.9. The summed E-state index contributed by atoms with van der Waals surface area (Å²) in [6.45, 7) is 2.01. The van der Waals surface area contributed by atoms with Gasteiger partial charge in [-0.1, -0.05) is 54.9 Å². The largest absolute Gasteiger partial charge is 0.321 e. The Balaban J connectivity index is 2.33. The lowest BCUT2D eigenvalue weighted by atomic mass is 9.82. The standard InChI is InChI=1S/C16H17ClFN/c1-2-16(19,13-6-4-3-5-7-13)11-12-8-9-14(17)10-15(12)18/h3-10H,2,11,19H2,1H3. The summed E-state index contributed by atoms with van der Waals surface area (Å²) < 4.78 is 13.9. The van der Waals surface area contributed by atoms with Gasteiger partial charge in [-0.25, -0.2) is 4.39 Å². The molecular formula is C16H17ClFN. The van der Waals surface area contributed by atoms with E-state index in [0.717, 1.165) is 12.0 Å². The summed E-state index contributed by atoms with van der Waals surface area (Å²) in [6.07, 6.45) is 1.19. The molecule has 0 saturated carbocycles. The van der Waals surface area contributed by atoms with Crippen LogP contribution in [0.3, 0.4) is 0 Å². The summed E-state index contributed by atoms with van der Waals surface area (Å²) in [5, 5.41) is 0.403. The van der Waals surface area contributed by atoms with Crippen molar-refractivity contribution in [1.82, 2.24) is 0 Å². The Morgan fingerprint density at radius 2 is 1.84 bits per heavy atom.